The molecule has 4 aromatic rings. The van der Waals surface area contributed by atoms with Gasteiger partial charge >= 0.3 is 0 Å². The average molecular weight is 441 g/mol. The number of Topliss-reactive ketones (excluding diaryl/α,β-unsaturated/α-hetero) is 1. The topological polar surface area (TPSA) is 37.3 Å². The van der Waals surface area contributed by atoms with Crippen molar-refractivity contribution < 1.29 is 9.90 Å². The molecule has 1 N–H and O–H groups in total. The number of aliphatic hydroxyl groups excluding tert-OH is 1. The minimum absolute atomic E-state index is 0.254. The van der Waals surface area contributed by atoms with Gasteiger partial charge in [-0.05, 0) is 48.1 Å². The van der Waals surface area contributed by atoms with Crippen LogP contribution in [0.25, 0.3) is 0 Å². The Balaban J connectivity index is 0.000000193. The standard InChI is InChI=1S/C17H18O2.C12H11P/c1-11-9-12(2)15(13(3)10-11)17(19)16(18)14-7-5-4-6-8-14;1-3-7-11(8-4-1)13-12-9-5-2-6-10-12/h4-10,17,19H,1-3H3;1-10,13H. The lowest BCUT2D eigenvalue weighted by atomic mass is 9.91. The van der Waals surface area contributed by atoms with Gasteiger partial charge in [-0.25, -0.2) is 0 Å². The summed E-state index contributed by atoms with van der Waals surface area (Å²) >= 11 is 0. The Morgan fingerprint density at radius 3 is 1.53 bits per heavy atom. The van der Waals surface area contributed by atoms with E-state index in [1.165, 1.54) is 10.6 Å². The smallest absolute Gasteiger partial charge is 0.195 e. The molecule has 0 saturated carbocycles. The molecule has 32 heavy (non-hydrogen) atoms. The minimum atomic E-state index is -1.09. The van der Waals surface area contributed by atoms with E-state index in [-0.39, 0.29) is 5.78 Å². The third-order valence-corrected chi connectivity index (χ3v) is 6.40. The summed E-state index contributed by atoms with van der Waals surface area (Å²) in [7, 11) is 0.777. The van der Waals surface area contributed by atoms with Gasteiger partial charge in [-0.15, -0.1) is 0 Å². The molecule has 162 valence electrons. The summed E-state index contributed by atoms with van der Waals surface area (Å²) < 4.78 is 0. The van der Waals surface area contributed by atoms with Crippen molar-refractivity contribution in [2.45, 2.75) is 26.9 Å². The van der Waals surface area contributed by atoms with E-state index >= 15 is 0 Å². The fourth-order valence-electron chi connectivity index (χ4n) is 3.72. The van der Waals surface area contributed by atoms with Crippen molar-refractivity contribution in [1.29, 1.82) is 0 Å². The van der Waals surface area contributed by atoms with Gasteiger partial charge in [-0.3, -0.25) is 4.79 Å². The highest BCUT2D eigenvalue weighted by molar-refractivity contribution is 7.55. The molecule has 0 saturated heterocycles. The third kappa shape index (κ3) is 6.47. The Bertz CT molecular complexity index is 1080. The van der Waals surface area contributed by atoms with Crippen molar-refractivity contribution in [3.05, 3.63) is 131 Å². The van der Waals surface area contributed by atoms with Crippen molar-refractivity contribution >= 4 is 25.0 Å². The normalized spacial score (nSPS) is 11.2. The van der Waals surface area contributed by atoms with E-state index in [2.05, 4.69) is 60.7 Å². The molecule has 0 amide bonds. The van der Waals surface area contributed by atoms with E-state index in [9.17, 15) is 9.90 Å². The van der Waals surface area contributed by atoms with Gasteiger partial charge in [0.25, 0.3) is 0 Å². The van der Waals surface area contributed by atoms with E-state index in [0.717, 1.165) is 30.8 Å². The number of ketones is 1. The molecule has 0 spiro atoms. The molecule has 0 aliphatic carbocycles. The molecule has 0 aliphatic rings. The molecule has 0 fully saturated rings. The third-order valence-electron chi connectivity index (χ3n) is 5.15. The van der Waals surface area contributed by atoms with Crippen LogP contribution in [0, 0.1) is 20.8 Å². The maximum atomic E-state index is 12.3. The first kappa shape index (κ1) is 23.6. The van der Waals surface area contributed by atoms with E-state index in [1.807, 2.05) is 39.0 Å². The van der Waals surface area contributed by atoms with Crippen molar-refractivity contribution in [3.8, 4) is 0 Å². The summed E-state index contributed by atoms with van der Waals surface area (Å²) in [6, 6.07) is 34.0. The van der Waals surface area contributed by atoms with E-state index in [1.54, 1.807) is 24.3 Å². The van der Waals surface area contributed by atoms with Gasteiger partial charge in [0, 0.05) is 5.56 Å². The zero-order valence-electron chi connectivity index (χ0n) is 18.7. The van der Waals surface area contributed by atoms with Crippen molar-refractivity contribution in [2.24, 2.45) is 0 Å². The first-order valence-electron chi connectivity index (χ1n) is 10.7. The van der Waals surface area contributed by atoms with E-state index < -0.39 is 6.10 Å². The maximum absolute atomic E-state index is 12.3. The molecule has 3 heteroatoms. The number of hydrogen-bond acceptors (Lipinski definition) is 2. The van der Waals surface area contributed by atoms with Crippen LogP contribution in [0.4, 0.5) is 0 Å². The van der Waals surface area contributed by atoms with E-state index in [0.29, 0.717) is 5.56 Å². The first-order valence-corrected chi connectivity index (χ1v) is 11.7. The molecule has 0 bridgehead atoms. The van der Waals surface area contributed by atoms with Crippen LogP contribution in [0.1, 0.15) is 38.7 Å². The molecule has 4 aromatic carbocycles. The van der Waals surface area contributed by atoms with Crippen LogP contribution < -0.4 is 10.6 Å². The molecule has 0 heterocycles. The summed E-state index contributed by atoms with van der Waals surface area (Å²) in [5.41, 5.74) is 4.30. The summed E-state index contributed by atoms with van der Waals surface area (Å²) in [4.78, 5) is 12.3. The van der Waals surface area contributed by atoms with Crippen molar-refractivity contribution in [2.75, 3.05) is 0 Å². The number of carbonyl (C=O) groups is 1. The zero-order chi connectivity index (χ0) is 22.9. The molecule has 2 nitrogen and oxygen atoms in total. The largest absolute Gasteiger partial charge is 0.380 e. The van der Waals surface area contributed by atoms with Gasteiger partial charge in [0.1, 0.15) is 6.10 Å². The molecule has 0 radical (unpaired) electrons. The van der Waals surface area contributed by atoms with Gasteiger partial charge in [0.15, 0.2) is 5.78 Å². The second-order valence-electron chi connectivity index (χ2n) is 7.80. The second-order valence-corrected chi connectivity index (χ2v) is 9.21. The maximum Gasteiger partial charge on any atom is 0.195 e. The van der Waals surface area contributed by atoms with Crippen LogP contribution in [-0.4, -0.2) is 10.9 Å². The Labute approximate surface area is 192 Å². The lowest BCUT2D eigenvalue weighted by molar-refractivity contribution is 0.0745. The number of rotatable bonds is 5. The summed E-state index contributed by atoms with van der Waals surface area (Å²) in [6.07, 6.45) is -1.09. The monoisotopic (exact) mass is 440 g/mol. The molecule has 0 aromatic heterocycles. The lowest BCUT2D eigenvalue weighted by Crippen LogP contribution is -2.15. The molecular weight excluding hydrogens is 411 g/mol. The zero-order valence-corrected chi connectivity index (χ0v) is 19.7. The lowest BCUT2D eigenvalue weighted by Gasteiger charge is -2.16. The summed E-state index contributed by atoms with van der Waals surface area (Å²) in [5.74, 6) is -0.254. The van der Waals surface area contributed by atoms with Crippen LogP contribution in [0.5, 0.6) is 0 Å². The van der Waals surface area contributed by atoms with Crippen LogP contribution in [0.2, 0.25) is 0 Å². The number of benzene rings is 4. The average Bonchev–Trinajstić information content (AvgIpc) is 2.80. The van der Waals surface area contributed by atoms with Crippen molar-refractivity contribution in [3.63, 3.8) is 0 Å². The number of aliphatic hydroxyl groups is 1. The van der Waals surface area contributed by atoms with Crippen LogP contribution in [0.3, 0.4) is 0 Å². The number of carbonyl (C=O) groups excluding carboxylic acids is 1. The minimum Gasteiger partial charge on any atom is -0.380 e. The number of hydrogen-bond donors (Lipinski definition) is 1. The van der Waals surface area contributed by atoms with Gasteiger partial charge in [-0.2, -0.15) is 0 Å². The molecule has 1 atom stereocenters. The highest BCUT2D eigenvalue weighted by atomic mass is 31.1. The van der Waals surface area contributed by atoms with Crippen LogP contribution >= 0.6 is 8.58 Å². The second kappa shape index (κ2) is 11.5. The first-order chi connectivity index (χ1) is 15.5. The van der Waals surface area contributed by atoms with Crippen LogP contribution in [-0.2, 0) is 0 Å². The van der Waals surface area contributed by atoms with Gasteiger partial charge in [0.2, 0.25) is 0 Å². The summed E-state index contributed by atoms with van der Waals surface area (Å²) in [6.45, 7) is 5.86. The SMILES string of the molecule is Cc1cc(C)c(C(O)C(=O)c2ccccc2)c(C)c1.c1ccc(Pc2ccccc2)cc1. The predicted octanol–water partition coefficient (Wildman–Crippen LogP) is 5.84. The molecule has 4 rings (SSSR count). The fraction of sp³-hybridized carbons (Fsp3) is 0.138. The predicted molar refractivity (Wildman–Crippen MR) is 137 cm³/mol. The summed E-state index contributed by atoms with van der Waals surface area (Å²) in [5, 5.41) is 13.1. The molecule has 1 unspecified atom stereocenters. The fourth-order valence-corrected chi connectivity index (χ4v) is 4.78. The Morgan fingerprint density at radius 1 is 0.688 bits per heavy atom. The van der Waals surface area contributed by atoms with Gasteiger partial charge in [0.05, 0.1) is 0 Å². The quantitative estimate of drug-likeness (QED) is 0.313. The van der Waals surface area contributed by atoms with Crippen molar-refractivity contribution in [1.82, 2.24) is 0 Å². The van der Waals surface area contributed by atoms with Crippen LogP contribution in [0.15, 0.2) is 103 Å². The van der Waals surface area contributed by atoms with E-state index in [4.69, 9.17) is 0 Å². The number of aryl methyl sites for hydroxylation is 3. The Hall–Kier alpha value is -3.06. The van der Waals surface area contributed by atoms with Gasteiger partial charge < -0.3 is 5.11 Å². The Kier molecular flexibility index (Phi) is 8.50. The molecular formula is C29H29O2P. The highest BCUT2D eigenvalue weighted by Gasteiger charge is 2.22. The molecule has 0 aliphatic heterocycles. The Morgan fingerprint density at radius 2 is 1.09 bits per heavy atom. The highest BCUT2D eigenvalue weighted by Crippen LogP contribution is 2.26. The van der Waals surface area contributed by atoms with Gasteiger partial charge in [-0.1, -0.05) is 117 Å².